The van der Waals surface area contributed by atoms with Crippen molar-refractivity contribution in [2.45, 2.75) is 51.2 Å². The predicted octanol–water partition coefficient (Wildman–Crippen LogP) is 0.839. The third-order valence-electron chi connectivity index (χ3n) is 5.54. The largest absolute Gasteiger partial charge is 0.314 e. The van der Waals surface area contributed by atoms with Crippen LogP contribution in [0.1, 0.15) is 33.1 Å². The van der Waals surface area contributed by atoms with Crippen LogP contribution in [-0.2, 0) is 0 Å². The van der Waals surface area contributed by atoms with E-state index in [1.54, 1.807) is 0 Å². The molecule has 3 fully saturated rings. The van der Waals surface area contributed by atoms with Crippen molar-refractivity contribution < 1.29 is 0 Å². The van der Waals surface area contributed by atoms with E-state index in [1.165, 1.54) is 71.6 Å². The van der Waals surface area contributed by atoms with Crippen LogP contribution in [0.2, 0.25) is 0 Å². The molecule has 0 aromatic rings. The fraction of sp³-hybridized carbons (Fsp3) is 1.00. The number of hydrogen-bond donors (Lipinski definition) is 1. The lowest BCUT2D eigenvalue weighted by Crippen LogP contribution is -2.64. The summed E-state index contributed by atoms with van der Waals surface area (Å²) in [7, 11) is 0. The Hall–Kier alpha value is -0.160. The Labute approximate surface area is 124 Å². The predicted molar refractivity (Wildman–Crippen MR) is 84.2 cm³/mol. The molecular weight excluding hydrogens is 248 g/mol. The molecular formula is C16H32N4. The molecule has 3 rings (SSSR count). The van der Waals surface area contributed by atoms with E-state index in [1.807, 2.05) is 0 Å². The van der Waals surface area contributed by atoms with Gasteiger partial charge in [0.25, 0.3) is 0 Å². The maximum atomic E-state index is 3.46. The van der Waals surface area contributed by atoms with Gasteiger partial charge in [-0.05, 0) is 46.2 Å². The maximum Gasteiger partial charge on any atom is 0.0351 e. The minimum absolute atomic E-state index is 0.721. The Morgan fingerprint density at radius 3 is 2.30 bits per heavy atom. The van der Waals surface area contributed by atoms with Gasteiger partial charge in [0.15, 0.2) is 0 Å². The van der Waals surface area contributed by atoms with Crippen molar-refractivity contribution in [3.63, 3.8) is 0 Å². The molecule has 0 saturated carbocycles. The molecule has 4 heteroatoms. The zero-order valence-corrected chi connectivity index (χ0v) is 13.4. The Morgan fingerprint density at radius 2 is 1.60 bits per heavy atom. The Morgan fingerprint density at radius 1 is 0.850 bits per heavy atom. The summed E-state index contributed by atoms with van der Waals surface area (Å²) in [6.07, 6.45) is 4.18. The van der Waals surface area contributed by atoms with Gasteiger partial charge >= 0.3 is 0 Å². The number of hydrogen-bond acceptors (Lipinski definition) is 4. The van der Waals surface area contributed by atoms with E-state index in [0.29, 0.717) is 0 Å². The van der Waals surface area contributed by atoms with E-state index in [4.69, 9.17) is 0 Å². The monoisotopic (exact) mass is 280 g/mol. The quantitative estimate of drug-likeness (QED) is 0.827. The summed E-state index contributed by atoms with van der Waals surface area (Å²) in [5.41, 5.74) is 0. The van der Waals surface area contributed by atoms with Gasteiger partial charge in [-0.3, -0.25) is 9.80 Å². The molecule has 0 aromatic carbocycles. The molecule has 0 bridgehead atoms. The highest BCUT2D eigenvalue weighted by atomic mass is 15.3. The fourth-order valence-corrected chi connectivity index (χ4v) is 4.05. The normalized spacial score (nSPS) is 32.2. The summed E-state index contributed by atoms with van der Waals surface area (Å²) in [6.45, 7) is 14.8. The second-order valence-electron chi connectivity index (χ2n) is 7.11. The van der Waals surface area contributed by atoms with Crippen molar-refractivity contribution in [3.8, 4) is 0 Å². The lowest BCUT2D eigenvalue weighted by atomic mass is 9.98. The van der Waals surface area contributed by atoms with Crippen LogP contribution in [0.3, 0.4) is 0 Å². The standard InChI is InChI=1S/C16H32N4/c1-14(2)18-8-3-4-15(5-9-18)20-12-16(13-20)19-10-6-17-7-11-19/h14-17H,3-13H2,1-2H3. The summed E-state index contributed by atoms with van der Waals surface area (Å²) in [6, 6.07) is 2.43. The van der Waals surface area contributed by atoms with Crippen LogP contribution < -0.4 is 5.32 Å². The molecule has 4 nitrogen and oxygen atoms in total. The van der Waals surface area contributed by atoms with Gasteiger partial charge in [-0.2, -0.15) is 0 Å². The van der Waals surface area contributed by atoms with Crippen molar-refractivity contribution in [1.29, 1.82) is 0 Å². The Balaban J connectivity index is 1.43. The SMILES string of the molecule is CC(C)N1CCCC(N2CC(N3CCNCC3)C2)CC1. The van der Waals surface area contributed by atoms with Crippen LogP contribution >= 0.6 is 0 Å². The molecule has 0 aromatic heterocycles. The topological polar surface area (TPSA) is 21.8 Å². The fourth-order valence-electron chi connectivity index (χ4n) is 4.05. The van der Waals surface area contributed by atoms with E-state index in [2.05, 4.69) is 33.9 Å². The molecule has 0 radical (unpaired) electrons. The van der Waals surface area contributed by atoms with Crippen molar-refractivity contribution in [1.82, 2.24) is 20.0 Å². The van der Waals surface area contributed by atoms with E-state index in [9.17, 15) is 0 Å². The van der Waals surface area contributed by atoms with E-state index in [0.717, 1.165) is 18.1 Å². The van der Waals surface area contributed by atoms with Crippen LogP contribution in [0.25, 0.3) is 0 Å². The van der Waals surface area contributed by atoms with Gasteiger partial charge in [-0.15, -0.1) is 0 Å². The molecule has 0 amide bonds. The molecule has 0 aliphatic carbocycles. The first kappa shape index (κ1) is 14.8. The van der Waals surface area contributed by atoms with Gasteiger partial charge in [-0.1, -0.05) is 0 Å². The Kier molecular flexibility index (Phi) is 4.97. The number of piperazine rings is 1. The van der Waals surface area contributed by atoms with Crippen LogP contribution in [0.5, 0.6) is 0 Å². The van der Waals surface area contributed by atoms with Crippen molar-refractivity contribution in [2.24, 2.45) is 0 Å². The van der Waals surface area contributed by atoms with Gasteiger partial charge in [0.2, 0.25) is 0 Å². The molecule has 20 heavy (non-hydrogen) atoms. The lowest BCUT2D eigenvalue weighted by molar-refractivity contribution is -0.00433. The summed E-state index contributed by atoms with van der Waals surface area (Å²) in [5, 5.41) is 3.46. The first-order valence-corrected chi connectivity index (χ1v) is 8.67. The average Bonchev–Trinajstić information content (AvgIpc) is 2.64. The summed E-state index contributed by atoms with van der Waals surface area (Å²) in [5.74, 6) is 0. The third kappa shape index (κ3) is 3.35. The van der Waals surface area contributed by atoms with Crippen molar-refractivity contribution in [2.75, 3.05) is 52.4 Å². The van der Waals surface area contributed by atoms with Crippen LogP contribution in [-0.4, -0.2) is 85.2 Å². The van der Waals surface area contributed by atoms with E-state index in [-0.39, 0.29) is 0 Å². The van der Waals surface area contributed by atoms with Crippen LogP contribution in [0.4, 0.5) is 0 Å². The van der Waals surface area contributed by atoms with Crippen molar-refractivity contribution >= 4 is 0 Å². The minimum atomic E-state index is 0.721. The minimum Gasteiger partial charge on any atom is -0.314 e. The molecule has 0 spiro atoms. The smallest absolute Gasteiger partial charge is 0.0351 e. The molecule has 3 heterocycles. The highest BCUT2D eigenvalue weighted by Gasteiger charge is 2.36. The van der Waals surface area contributed by atoms with Crippen LogP contribution in [0.15, 0.2) is 0 Å². The summed E-state index contributed by atoms with van der Waals surface area (Å²) < 4.78 is 0. The highest BCUT2D eigenvalue weighted by molar-refractivity contribution is 4.94. The van der Waals surface area contributed by atoms with E-state index < -0.39 is 0 Å². The molecule has 3 aliphatic rings. The summed E-state index contributed by atoms with van der Waals surface area (Å²) in [4.78, 5) is 8.12. The van der Waals surface area contributed by atoms with Crippen molar-refractivity contribution in [3.05, 3.63) is 0 Å². The maximum absolute atomic E-state index is 3.46. The first-order valence-electron chi connectivity index (χ1n) is 8.67. The van der Waals surface area contributed by atoms with Gasteiger partial charge in [-0.25, -0.2) is 0 Å². The second kappa shape index (κ2) is 6.73. The molecule has 1 atom stereocenters. The molecule has 1 unspecified atom stereocenters. The number of likely N-dealkylation sites (tertiary alicyclic amines) is 2. The number of rotatable bonds is 3. The zero-order valence-electron chi connectivity index (χ0n) is 13.4. The number of nitrogens with one attached hydrogen (secondary N) is 1. The van der Waals surface area contributed by atoms with Gasteiger partial charge in [0.1, 0.15) is 0 Å². The molecule has 1 N–H and O–H groups in total. The van der Waals surface area contributed by atoms with Gasteiger partial charge in [0.05, 0.1) is 0 Å². The lowest BCUT2D eigenvalue weighted by Gasteiger charge is -2.50. The van der Waals surface area contributed by atoms with Crippen LogP contribution in [0, 0.1) is 0 Å². The zero-order chi connectivity index (χ0) is 13.9. The number of nitrogens with zero attached hydrogens (tertiary/aromatic N) is 3. The second-order valence-corrected chi connectivity index (χ2v) is 7.11. The molecule has 116 valence electrons. The van der Waals surface area contributed by atoms with Gasteiger partial charge < -0.3 is 10.2 Å². The summed E-state index contributed by atoms with van der Waals surface area (Å²) >= 11 is 0. The Bertz CT molecular complexity index is 295. The van der Waals surface area contributed by atoms with Gasteiger partial charge in [0, 0.05) is 57.4 Å². The average molecular weight is 280 g/mol. The molecule has 3 aliphatic heterocycles. The third-order valence-corrected chi connectivity index (χ3v) is 5.54. The molecule has 3 saturated heterocycles. The highest BCUT2D eigenvalue weighted by Crippen LogP contribution is 2.25. The van der Waals surface area contributed by atoms with E-state index >= 15 is 0 Å². The first-order chi connectivity index (χ1) is 9.74.